The fourth-order valence-corrected chi connectivity index (χ4v) is 2.84. The highest BCUT2D eigenvalue weighted by Gasteiger charge is 2.22. The average molecular weight is 345 g/mol. The van der Waals surface area contributed by atoms with Gasteiger partial charge in [0.1, 0.15) is 17.3 Å². The van der Waals surface area contributed by atoms with E-state index in [9.17, 15) is 4.79 Å². The number of hydrogen-bond donors (Lipinski definition) is 1. The summed E-state index contributed by atoms with van der Waals surface area (Å²) < 4.78 is 15.9. The summed E-state index contributed by atoms with van der Waals surface area (Å²) in [5.74, 6) is 2.21. The van der Waals surface area contributed by atoms with Gasteiger partial charge >= 0.3 is 6.03 Å². The first-order chi connectivity index (χ1) is 12.2. The molecule has 1 fully saturated rings. The first kappa shape index (κ1) is 17.2. The van der Waals surface area contributed by atoms with E-state index in [0.29, 0.717) is 30.3 Å². The largest absolute Gasteiger partial charge is 0.497 e. The fourth-order valence-electron chi connectivity index (χ4n) is 2.84. The molecule has 1 aliphatic rings. The van der Waals surface area contributed by atoms with Crippen LogP contribution in [0.3, 0.4) is 0 Å². The third-order valence-corrected chi connectivity index (χ3v) is 4.27. The molecule has 0 spiro atoms. The van der Waals surface area contributed by atoms with Crippen molar-refractivity contribution in [3.05, 3.63) is 42.4 Å². The normalized spacial score (nSPS) is 15.0. The molecular weight excluding hydrogens is 322 g/mol. The summed E-state index contributed by atoms with van der Waals surface area (Å²) in [5, 5.41) is 2.91. The van der Waals surface area contributed by atoms with E-state index in [4.69, 9.17) is 13.9 Å². The maximum Gasteiger partial charge on any atom is 0.322 e. The van der Waals surface area contributed by atoms with Crippen LogP contribution in [-0.4, -0.2) is 56.2 Å². The molecule has 1 aliphatic heterocycles. The van der Waals surface area contributed by atoms with Crippen molar-refractivity contribution in [1.82, 2.24) is 9.80 Å². The lowest BCUT2D eigenvalue weighted by Gasteiger charge is -2.34. The Bertz CT molecular complexity index is 694. The van der Waals surface area contributed by atoms with E-state index in [2.05, 4.69) is 10.2 Å². The van der Waals surface area contributed by atoms with Crippen LogP contribution >= 0.6 is 0 Å². The number of piperazine rings is 1. The van der Waals surface area contributed by atoms with Gasteiger partial charge in [-0.3, -0.25) is 4.90 Å². The van der Waals surface area contributed by atoms with Crippen LogP contribution in [0.5, 0.6) is 11.5 Å². The average Bonchev–Trinajstić information content (AvgIpc) is 3.15. The minimum atomic E-state index is -0.135. The smallest absolute Gasteiger partial charge is 0.322 e. The fraction of sp³-hybridized carbons (Fsp3) is 0.389. The topological polar surface area (TPSA) is 67.2 Å². The van der Waals surface area contributed by atoms with Crippen LogP contribution in [0.2, 0.25) is 0 Å². The highest BCUT2D eigenvalue weighted by Crippen LogP contribution is 2.29. The van der Waals surface area contributed by atoms with Gasteiger partial charge in [-0.1, -0.05) is 0 Å². The first-order valence-electron chi connectivity index (χ1n) is 8.22. The van der Waals surface area contributed by atoms with Crippen LogP contribution < -0.4 is 14.8 Å². The number of carbonyl (C=O) groups excluding carboxylic acids is 1. The summed E-state index contributed by atoms with van der Waals surface area (Å²) in [6.45, 7) is 3.72. The molecule has 0 atom stereocenters. The quantitative estimate of drug-likeness (QED) is 0.902. The van der Waals surface area contributed by atoms with Gasteiger partial charge in [-0.25, -0.2) is 4.79 Å². The number of carbonyl (C=O) groups is 1. The number of hydrogen-bond acceptors (Lipinski definition) is 5. The van der Waals surface area contributed by atoms with Crippen molar-refractivity contribution < 1.29 is 18.7 Å². The summed E-state index contributed by atoms with van der Waals surface area (Å²) in [6.07, 6.45) is 1.68. The molecule has 134 valence electrons. The van der Waals surface area contributed by atoms with Crippen molar-refractivity contribution >= 4 is 11.7 Å². The Hall–Kier alpha value is -2.67. The zero-order chi connectivity index (χ0) is 17.6. The Morgan fingerprint density at radius 2 is 1.96 bits per heavy atom. The van der Waals surface area contributed by atoms with E-state index in [0.717, 1.165) is 25.4 Å². The second-order valence-corrected chi connectivity index (χ2v) is 5.84. The lowest BCUT2D eigenvalue weighted by atomic mass is 10.2. The third kappa shape index (κ3) is 4.24. The van der Waals surface area contributed by atoms with Crippen LogP contribution in [0, 0.1) is 0 Å². The molecule has 0 aliphatic carbocycles. The van der Waals surface area contributed by atoms with Gasteiger partial charge in [0.25, 0.3) is 0 Å². The van der Waals surface area contributed by atoms with Crippen LogP contribution in [0.25, 0.3) is 0 Å². The van der Waals surface area contributed by atoms with Crippen LogP contribution in [-0.2, 0) is 6.54 Å². The molecule has 1 aromatic carbocycles. The van der Waals surface area contributed by atoms with Crippen molar-refractivity contribution in [1.29, 1.82) is 0 Å². The van der Waals surface area contributed by atoms with Crippen LogP contribution in [0.1, 0.15) is 5.76 Å². The van der Waals surface area contributed by atoms with E-state index in [-0.39, 0.29) is 6.03 Å². The Kier molecular flexibility index (Phi) is 5.45. The Morgan fingerprint density at radius 3 is 2.60 bits per heavy atom. The molecular formula is C18H23N3O4. The summed E-state index contributed by atoms with van der Waals surface area (Å²) >= 11 is 0. The molecule has 0 radical (unpaired) electrons. The zero-order valence-corrected chi connectivity index (χ0v) is 14.5. The van der Waals surface area contributed by atoms with Crippen molar-refractivity contribution in [3.63, 3.8) is 0 Å². The summed E-state index contributed by atoms with van der Waals surface area (Å²) in [6, 6.07) is 9.04. The Labute approximate surface area is 147 Å². The lowest BCUT2D eigenvalue weighted by Crippen LogP contribution is -2.49. The lowest BCUT2D eigenvalue weighted by molar-refractivity contribution is 0.137. The monoisotopic (exact) mass is 345 g/mol. The molecule has 7 heteroatoms. The number of furan rings is 1. The molecule has 0 unspecified atom stereocenters. The first-order valence-corrected chi connectivity index (χ1v) is 8.22. The number of methoxy groups -OCH3 is 2. The number of ether oxygens (including phenoxy) is 2. The van der Waals surface area contributed by atoms with Gasteiger partial charge in [-0.05, 0) is 24.3 Å². The van der Waals surface area contributed by atoms with Gasteiger partial charge in [0.15, 0.2) is 0 Å². The third-order valence-electron chi connectivity index (χ3n) is 4.27. The summed E-state index contributed by atoms with van der Waals surface area (Å²) in [7, 11) is 3.16. The number of benzene rings is 1. The predicted octanol–water partition coefficient (Wildman–Crippen LogP) is 2.65. The van der Waals surface area contributed by atoms with E-state index >= 15 is 0 Å². The molecule has 25 heavy (non-hydrogen) atoms. The van der Waals surface area contributed by atoms with Gasteiger partial charge < -0.3 is 24.1 Å². The van der Waals surface area contributed by atoms with Crippen molar-refractivity contribution in [3.8, 4) is 11.5 Å². The second kappa shape index (κ2) is 7.94. The van der Waals surface area contributed by atoms with Gasteiger partial charge in [0.2, 0.25) is 0 Å². The van der Waals surface area contributed by atoms with E-state index in [1.165, 1.54) is 0 Å². The Balaban J connectivity index is 1.56. The van der Waals surface area contributed by atoms with Crippen molar-refractivity contribution in [2.24, 2.45) is 0 Å². The van der Waals surface area contributed by atoms with Gasteiger partial charge in [-0.15, -0.1) is 0 Å². The highest BCUT2D eigenvalue weighted by molar-refractivity contribution is 5.91. The van der Waals surface area contributed by atoms with Gasteiger partial charge in [-0.2, -0.15) is 0 Å². The van der Waals surface area contributed by atoms with Crippen LogP contribution in [0.4, 0.5) is 10.5 Å². The molecule has 1 aromatic heterocycles. The number of urea groups is 1. The maximum atomic E-state index is 12.5. The van der Waals surface area contributed by atoms with Crippen molar-refractivity contribution in [2.45, 2.75) is 6.54 Å². The summed E-state index contributed by atoms with van der Waals surface area (Å²) in [4.78, 5) is 16.6. The van der Waals surface area contributed by atoms with E-state index in [1.54, 1.807) is 43.6 Å². The molecule has 3 rings (SSSR count). The SMILES string of the molecule is COc1ccc(OC)c(NC(=O)N2CCN(Cc3ccco3)CC2)c1. The number of anilines is 1. The molecule has 1 N–H and O–H groups in total. The highest BCUT2D eigenvalue weighted by atomic mass is 16.5. The van der Waals surface area contributed by atoms with E-state index in [1.807, 2.05) is 12.1 Å². The van der Waals surface area contributed by atoms with E-state index < -0.39 is 0 Å². The molecule has 2 heterocycles. The zero-order valence-electron chi connectivity index (χ0n) is 14.5. The Morgan fingerprint density at radius 1 is 1.16 bits per heavy atom. The number of rotatable bonds is 5. The number of nitrogens with one attached hydrogen (secondary N) is 1. The molecule has 1 saturated heterocycles. The maximum absolute atomic E-state index is 12.5. The predicted molar refractivity (Wildman–Crippen MR) is 94.1 cm³/mol. The second-order valence-electron chi connectivity index (χ2n) is 5.84. The minimum absolute atomic E-state index is 0.135. The summed E-state index contributed by atoms with van der Waals surface area (Å²) in [5.41, 5.74) is 0.602. The molecule has 0 bridgehead atoms. The standard InChI is InChI=1S/C18H23N3O4/c1-23-14-5-6-17(24-2)16(12-14)19-18(22)21-9-7-20(8-10-21)13-15-4-3-11-25-15/h3-6,11-12H,7-10,13H2,1-2H3,(H,19,22). The number of nitrogens with zero attached hydrogens (tertiary/aromatic N) is 2. The van der Waals surface area contributed by atoms with Gasteiger partial charge in [0.05, 0.1) is 32.7 Å². The van der Waals surface area contributed by atoms with Crippen molar-refractivity contribution in [2.75, 3.05) is 45.7 Å². The number of amides is 2. The molecule has 0 saturated carbocycles. The minimum Gasteiger partial charge on any atom is -0.497 e. The molecule has 2 aromatic rings. The molecule has 7 nitrogen and oxygen atoms in total. The van der Waals surface area contributed by atoms with Gasteiger partial charge in [0, 0.05) is 32.2 Å². The van der Waals surface area contributed by atoms with Crippen LogP contribution in [0.15, 0.2) is 41.0 Å². The molecule has 2 amide bonds.